The molecule has 142 valence electrons. The van der Waals surface area contributed by atoms with Crippen molar-refractivity contribution in [3.05, 3.63) is 59.7 Å². The molecule has 8 heteroatoms. The highest BCUT2D eigenvalue weighted by atomic mass is 19.1. The highest BCUT2D eigenvalue weighted by Crippen LogP contribution is 2.11. The number of carboxylic acid groups (broad SMARTS) is 1. The number of nitrogens with zero attached hydrogens (tertiary/aromatic N) is 1. The smallest absolute Gasteiger partial charge is 0.303 e. The molecule has 0 saturated carbocycles. The van der Waals surface area contributed by atoms with Crippen LogP contribution in [-0.2, 0) is 4.79 Å². The van der Waals surface area contributed by atoms with Gasteiger partial charge in [0, 0.05) is 30.4 Å². The molecular formula is C19H20FN3O4. The summed E-state index contributed by atoms with van der Waals surface area (Å²) in [5.41, 5.74) is 1.16. The Bertz CT molecular complexity index is 792. The molecule has 1 aromatic carbocycles. The number of benzene rings is 1. The number of nitrogens with one attached hydrogen (secondary N) is 2. The Morgan fingerprint density at radius 3 is 2.26 bits per heavy atom. The maximum absolute atomic E-state index is 12.8. The number of aromatic nitrogens is 1. The molecule has 1 heterocycles. The first-order chi connectivity index (χ1) is 13.0. The van der Waals surface area contributed by atoms with Crippen LogP contribution < -0.4 is 10.6 Å². The largest absolute Gasteiger partial charge is 0.481 e. The molecule has 2 rings (SSSR count). The first-order valence-electron chi connectivity index (χ1n) is 8.48. The second-order valence-corrected chi connectivity index (χ2v) is 5.86. The van der Waals surface area contributed by atoms with Crippen molar-refractivity contribution in [2.75, 3.05) is 11.9 Å². The van der Waals surface area contributed by atoms with Crippen molar-refractivity contribution in [1.29, 1.82) is 0 Å². The number of amides is 2. The summed E-state index contributed by atoms with van der Waals surface area (Å²) in [6.45, 7) is 0.467. The molecule has 0 aliphatic carbocycles. The molecule has 0 saturated heterocycles. The number of aliphatic carboxylic acids is 1. The van der Waals surface area contributed by atoms with Crippen molar-refractivity contribution in [3.8, 4) is 0 Å². The third kappa shape index (κ3) is 6.85. The van der Waals surface area contributed by atoms with Crippen LogP contribution in [0.5, 0.6) is 0 Å². The quantitative estimate of drug-likeness (QED) is 0.463. The summed E-state index contributed by atoms with van der Waals surface area (Å²) in [6, 6.07) is 8.78. The summed E-state index contributed by atoms with van der Waals surface area (Å²) in [7, 11) is 0. The van der Waals surface area contributed by atoms with Crippen molar-refractivity contribution in [2.24, 2.45) is 0 Å². The number of halogens is 1. The number of carbonyl (C=O) groups excluding carboxylic acids is 2. The molecule has 2 amide bonds. The molecule has 7 nitrogen and oxygen atoms in total. The van der Waals surface area contributed by atoms with E-state index in [-0.39, 0.29) is 17.9 Å². The second-order valence-electron chi connectivity index (χ2n) is 5.86. The van der Waals surface area contributed by atoms with E-state index < -0.39 is 17.8 Å². The van der Waals surface area contributed by atoms with E-state index in [0.29, 0.717) is 30.6 Å². The maximum Gasteiger partial charge on any atom is 0.303 e. The third-order valence-corrected chi connectivity index (χ3v) is 3.75. The number of anilines is 1. The number of rotatable bonds is 9. The molecule has 0 fully saturated rings. The standard InChI is InChI=1S/C19H20FN3O4/c20-16-10-7-14(12-22-16)19(27)23-15-8-5-13(6-9-15)18(26)21-11-3-1-2-4-17(24)25/h5-10,12H,1-4,11H2,(H,21,26)(H,23,27)(H,24,25). The highest BCUT2D eigenvalue weighted by molar-refractivity contribution is 6.04. The lowest BCUT2D eigenvalue weighted by Crippen LogP contribution is -2.24. The topological polar surface area (TPSA) is 108 Å². The van der Waals surface area contributed by atoms with Gasteiger partial charge in [0.2, 0.25) is 5.95 Å². The van der Waals surface area contributed by atoms with E-state index in [1.807, 2.05) is 0 Å². The van der Waals surface area contributed by atoms with Gasteiger partial charge in [0.1, 0.15) is 0 Å². The third-order valence-electron chi connectivity index (χ3n) is 3.75. The van der Waals surface area contributed by atoms with Crippen molar-refractivity contribution in [1.82, 2.24) is 10.3 Å². The highest BCUT2D eigenvalue weighted by Gasteiger charge is 2.09. The predicted octanol–water partition coefficient (Wildman–Crippen LogP) is 2.85. The summed E-state index contributed by atoms with van der Waals surface area (Å²) in [6.07, 6.45) is 3.30. The lowest BCUT2D eigenvalue weighted by Gasteiger charge is -2.07. The number of hydrogen-bond acceptors (Lipinski definition) is 4. The van der Waals surface area contributed by atoms with Crippen LogP contribution in [0.2, 0.25) is 0 Å². The Morgan fingerprint density at radius 1 is 0.926 bits per heavy atom. The predicted molar refractivity (Wildman–Crippen MR) is 97.0 cm³/mol. The van der Waals surface area contributed by atoms with Gasteiger partial charge in [-0.25, -0.2) is 4.98 Å². The normalized spacial score (nSPS) is 10.3. The fourth-order valence-electron chi connectivity index (χ4n) is 2.30. The van der Waals surface area contributed by atoms with E-state index in [9.17, 15) is 18.8 Å². The number of hydrogen-bond donors (Lipinski definition) is 3. The molecule has 2 aromatic rings. The van der Waals surface area contributed by atoms with E-state index in [1.54, 1.807) is 24.3 Å². The van der Waals surface area contributed by atoms with Gasteiger partial charge >= 0.3 is 5.97 Å². The van der Waals surface area contributed by atoms with Crippen LogP contribution in [0.4, 0.5) is 10.1 Å². The van der Waals surface area contributed by atoms with Gasteiger partial charge in [0.25, 0.3) is 11.8 Å². The first-order valence-corrected chi connectivity index (χ1v) is 8.48. The van der Waals surface area contributed by atoms with Crippen molar-refractivity contribution >= 4 is 23.5 Å². The molecule has 3 N–H and O–H groups in total. The van der Waals surface area contributed by atoms with Gasteiger partial charge in [-0.05, 0) is 49.2 Å². The summed E-state index contributed by atoms with van der Waals surface area (Å²) >= 11 is 0. The molecule has 0 bridgehead atoms. The van der Waals surface area contributed by atoms with Gasteiger partial charge in [0.15, 0.2) is 0 Å². The van der Waals surface area contributed by atoms with E-state index in [0.717, 1.165) is 18.7 Å². The van der Waals surface area contributed by atoms with Crippen molar-refractivity contribution < 1.29 is 23.9 Å². The van der Waals surface area contributed by atoms with Crippen molar-refractivity contribution in [2.45, 2.75) is 25.7 Å². The average molecular weight is 373 g/mol. The molecule has 1 aromatic heterocycles. The molecule has 0 spiro atoms. The van der Waals surface area contributed by atoms with Gasteiger partial charge in [-0.2, -0.15) is 4.39 Å². The zero-order chi connectivity index (χ0) is 19.6. The summed E-state index contributed by atoms with van der Waals surface area (Å²) in [5.74, 6) is -2.15. The summed E-state index contributed by atoms with van der Waals surface area (Å²) in [5, 5.41) is 13.9. The molecule has 0 atom stereocenters. The van der Waals surface area contributed by atoms with Crippen LogP contribution in [0, 0.1) is 5.95 Å². The lowest BCUT2D eigenvalue weighted by molar-refractivity contribution is -0.137. The van der Waals surface area contributed by atoms with Gasteiger partial charge in [-0.15, -0.1) is 0 Å². The van der Waals surface area contributed by atoms with E-state index >= 15 is 0 Å². The fraction of sp³-hybridized carbons (Fsp3) is 0.263. The number of unbranched alkanes of at least 4 members (excludes halogenated alkanes) is 2. The average Bonchev–Trinajstić information content (AvgIpc) is 2.65. The van der Waals surface area contributed by atoms with Crippen LogP contribution in [0.1, 0.15) is 46.4 Å². The Hall–Kier alpha value is -3.29. The van der Waals surface area contributed by atoms with Gasteiger partial charge in [-0.3, -0.25) is 14.4 Å². The van der Waals surface area contributed by atoms with Crippen molar-refractivity contribution in [3.63, 3.8) is 0 Å². The van der Waals surface area contributed by atoms with E-state index in [2.05, 4.69) is 15.6 Å². The molecule has 0 aliphatic heterocycles. The minimum absolute atomic E-state index is 0.134. The van der Waals surface area contributed by atoms with Crippen LogP contribution in [0.15, 0.2) is 42.6 Å². The Labute approximate surface area is 155 Å². The zero-order valence-corrected chi connectivity index (χ0v) is 14.6. The van der Waals surface area contributed by atoms with Crippen LogP contribution >= 0.6 is 0 Å². The molecule has 0 radical (unpaired) electrons. The van der Waals surface area contributed by atoms with Gasteiger partial charge in [0.05, 0.1) is 5.56 Å². The monoisotopic (exact) mass is 373 g/mol. The SMILES string of the molecule is O=C(O)CCCCCNC(=O)c1ccc(NC(=O)c2ccc(F)nc2)cc1. The van der Waals surface area contributed by atoms with Gasteiger partial charge in [-0.1, -0.05) is 6.42 Å². The van der Waals surface area contributed by atoms with E-state index in [1.165, 1.54) is 6.07 Å². The van der Waals surface area contributed by atoms with Crippen LogP contribution in [0.25, 0.3) is 0 Å². The van der Waals surface area contributed by atoms with Gasteiger partial charge < -0.3 is 15.7 Å². The summed E-state index contributed by atoms with van der Waals surface area (Å²) in [4.78, 5) is 37.9. The fourth-order valence-corrected chi connectivity index (χ4v) is 2.30. The van der Waals surface area contributed by atoms with Crippen LogP contribution in [-0.4, -0.2) is 34.4 Å². The summed E-state index contributed by atoms with van der Waals surface area (Å²) < 4.78 is 12.8. The molecule has 0 unspecified atom stereocenters. The zero-order valence-electron chi connectivity index (χ0n) is 14.6. The van der Waals surface area contributed by atoms with E-state index in [4.69, 9.17) is 5.11 Å². The Morgan fingerprint density at radius 2 is 1.63 bits per heavy atom. The van der Waals surface area contributed by atoms with Crippen LogP contribution in [0.3, 0.4) is 0 Å². The molecular weight excluding hydrogens is 353 g/mol. The number of carbonyl (C=O) groups is 3. The Balaban J connectivity index is 1.78. The second kappa shape index (κ2) is 10.0. The lowest BCUT2D eigenvalue weighted by atomic mass is 10.1. The molecule has 27 heavy (non-hydrogen) atoms. The maximum atomic E-state index is 12.8. The minimum Gasteiger partial charge on any atom is -0.481 e. The number of carboxylic acids is 1. The minimum atomic E-state index is -0.818. The molecule has 0 aliphatic rings. The Kier molecular flexibility index (Phi) is 7.42. The first kappa shape index (κ1) is 20.0. The number of pyridine rings is 1.